The average molecular weight is 307 g/mol. The quantitative estimate of drug-likeness (QED) is 0.804. The van der Waals surface area contributed by atoms with Crippen molar-refractivity contribution < 1.29 is 8.78 Å². The molecule has 1 N–H and O–H groups in total. The number of rotatable bonds is 5. The molecule has 0 saturated heterocycles. The summed E-state index contributed by atoms with van der Waals surface area (Å²) in [6.45, 7) is 4.19. The Balaban J connectivity index is 2.56. The molecule has 0 bridgehead atoms. The summed E-state index contributed by atoms with van der Waals surface area (Å²) in [5.41, 5.74) is 1.64. The molecule has 21 heavy (non-hydrogen) atoms. The first-order valence-corrected chi connectivity index (χ1v) is 8.12. The number of hydrogen-bond donors (Lipinski definition) is 1. The second-order valence-electron chi connectivity index (χ2n) is 4.86. The highest BCUT2D eigenvalue weighted by Gasteiger charge is 2.21. The molecule has 2 rings (SSSR count). The third-order valence-corrected chi connectivity index (χ3v) is 4.26. The van der Waals surface area contributed by atoms with Crippen molar-refractivity contribution in [2.75, 3.05) is 12.8 Å². The topological polar surface area (TPSA) is 12.0 Å². The van der Waals surface area contributed by atoms with E-state index < -0.39 is 0 Å². The van der Waals surface area contributed by atoms with E-state index in [1.165, 1.54) is 12.1 Å². The molecule has 2 aromatic carbocycles. The van der Waals surface area contributed by atoms with Crippen molar-refractivity contribution in [1.29, 1.82) is 0 Å². The van der Waals surface area contributed by atoms with E-state index in [2.05, 4.69) is 5.32 Å². The molecular weight excluding hydrogens is 288 g/mol. The molecule has 0 heterocycles. The van der Waals surface area contributed by atoms with E-state index in [1.807, 2.05) is 37.4 Å². The van der Waals surface area contributed by atoms with Crippen LogP contribution in [-0.4, -0.2) is 12.8 Å². The molecule has 0 spiro atoms. The molecule has 0 amide bonds. The molecule has 112 valence electrons. The van der Waals surface area contributed by atoms with Gasteiger partial charge in [-0.05, 0) is 49.1 Å². The minimum Gasteiger partial charge on any atom is -0.306 e. The van der Waals surface area contributed by atoms with Crippen molar-refractivity contribution in [3.05, 3.63) is 64.7 Å². The summed E-state index contributed by atoms with van der Waals surface area (Å²) in [6.07, 6.45) is 1.98. The Labute approximate surface area is 128 Å². The summed E-state index contributed by atoms with van der Waals surface area (Å²) in [4.78, 5) is 1.06. The molecule has 0 radical (unpaired) electrons. The highest BCUT2D eigenvalue weighted by atomic mass is 32.2. The number of benzene rings is 2. The first-order valence-electron chi connectivity index (χ1n) is 6.90. The van der Waals surface area contributed by atoms with Gasteiger partial charge in [0.2, 0.25) is 0 Å². The van der Waals surface area contributed by atoms with Crippen molar-refractivity contribution in [3.63, 3.8) is 0 Å². The number of aryl methyl sites for hydroxylation is 1. The lowest BCUT2D eigenvalue weighted by Gasteiger charge is -2.22. The summed E-state index contributed by atoms with van der Waals surface area (Å²) in [7, 11) is 0. The van der Waals surface area contributed by atoms with Crippen molar-refractivity contribution in [2.24, 2.45) is 0 Å². The Morgan fingerprint density at radius 2 is 1.81 bits per heavy atom. The van der Waals surface area contributed by atoms with Crippen LogP contribution in [-0.2, 0) is 0 Å². The molecule has 1 nitrogen and oxygen atoms in total. The monoisotopic (exact) mass is 307 g/mol. The predicted molar refractivity (Wildman–Crippen MR) is 84.8 cm³/mol. The Morgan fingerprint density at radius 3 is 2.48 bits per heavy atom. The van der Waals surface area contributed by atoms with Crippen LogP contribution in [0.4, 0.5) is 8.78 Å². The van der Waals surface area contributed by atoms with Gasteiger partial charge in [-0.2, -0.15) is 0 Å². The Bertz CT molecular complexity index is 628. The van der Waals surface area contributed by atoms with Gasteiger partial charge in [0.15, 0.2) is 0 Å². The van der Waals surface area contributed by atoms with Crippen molar-refractivity contribution in [2.45, 2.75) is 24.8 Å². The summed E-state index contributed by atoms with van der Waals surface area (Å²) < 4.78 is 28.2. The van der Waals surface area contributed by atoms with Gasteiger partial charge < -0.3 is 5.32 Å². The number of thioether (sulfide) groups is 1. The third kappa shape index (κ3) is 3.44. The highest BCUT2D eigenvalue weighted by Crippen LogP contribution is 2.32. The fraction of sp³-hybridized carbons (Fsp3) is 0.294. The first kappa shape index (κ1) is 16.0. The highest BCUT2D eigenvalue weighted by molar-refractivity contribution is 7.98. The molecule has 0 aromatic heterocycles. The van der Waals surface area contributed by atoms with E-state index in [4.69, 9.17) is 0 Å². The molecule has 1 unspecified atom stereocenters. The molecule has 0 fully saturated rings. The minimum absolute atomic E-state index is 0.324. The van der Waals surface area contributed by atoms with E-state index >= 15 is 0 Å². The largest absolute Gasteiger partial charge is 0.306 e. The van der Waals surface area contributed by atoms with Crippen LogP contribution in [0.2, 0.25) is 0 Å². The van der Waals surface area contributed by atoms with Crippen molar-refractivity contribution in [3.8, 4) is 0 Å². The molecule has 1 atom stereocenters. The van der Waals surface area contributed by atoms with Crippen LogP contribution in [0.5, 0.6) is 0 Å². The van der Waals surface area contributed by atoms with Crippen LogP contribution >= 0.6 is 11.8 Å². The lowest BCUT2D eigenvalue weighted by atomic mass is 9.96. The molecule has 0 saturated carbocycles. The van der Waals surface area contributed by atoms with Crippen LogP contribution < -0.4 is 5.32 Å². The third-order valence-electron chi connectivity index (χ3n) is 3.45. The number of nitrogens with one attached hydrogen (secondary N) is 1. The van der Waals surface area contributed by atoms with Gasteiger partial charge in [0.05, 0.1) is 6.04 Å². The van der Waals surface area contributed by atoms with E-state index in [0.29, 0.717) is 17.7 Å². The molecule has 4 heteroatoms. The maximum absolute atomic E-state index is 14.3. The van der Waals surface area contributed by atoms with Gasteiger partial charge >= 0.3 is 0 Å². The van der Waals surface area contributed by atoms with Crippen LogP contribution in [0, 0.1) is 18.6 Å². The smallest absolute Gasteiger partial charge is 0.128 e. The van der Waals surface area contributed by atoms with Gasteiger partial charge in [0.1, 0.15) is 11.6 Å². The maximum atomic E-state index is 14.3. The summed E-state index contributed by atoms with van der Waals surface area (Å²) >= 11 is 1.60. The number of hydrogen-bond acceptors (Lipinski definition) is 2. The molecule has 2 aromatic rings. The van der Waals surface area contributed by atoms with E-state index in [-0.39, 0.29) is 17.7 Å². The second kappa shape index (κ2) is 7.05. The lowest BCUT2D eigenvalue weighted by Crippen LogP contribution is -2.24. The Hall–Kier alpha value is -1.39. The normalized spacial score (nSPS) is 12.4. The zero-order valence-electron chi connectivity index (χ0n) is 12.4. The van der Waals surface area contributed by atoms with Crippen LogP contribution in [0.15, 0.2) is 41.3 Å². The fourth-order valence-electron chi connectivity index (χ4n) is 2.38. The van der Waals surface area contributed by atoms with Crippen molar-refractivity contribution >= 4 is 11.8 Å². The van der Waals surface area contributed by atoms with E-state index in [1.54, 1.807) is 18.7 Å². The van der Waals surface area contributed by atoms with Crippen molar-refractivity contribution in [1.82, 2.24) is 5.32 Å². The standard InChI is InChI=1S/C17H19F2NS/c1-4-20-17(12-7-5-6-8-16(12)21-3)13-10-14(18)11(2)9-15(13)19/h5-10,17,20H,4H2,1-3H3. The van der Waals surface area contributed by atoms with Gasteiger partial charge in [-0.1, -0.05) is 25.1 Å². The zero-order valence-corrected chi connectivity index (χ0v) is 13.2. The molecule has 0 aliphatic heterocycles. The van der Waals surface area contributed by atoms with Gasteiger partial charge in [-0.15, -0.1) is 11.8 Å². The lowest BCUT2D eigenvalue weighted by molar-refractivity contribution is 0.538. The Morgan fingerprint density at radius 1 is 1.10 bits per heavy atom. The summed E-state index contributed by atoms with van der Waals surface area (Å²) in [6, 6.07) is 10.0. The predicted octanol–water partition coefficient (Wildman–Crippen LogP) is 4.69. The molecular formula is C17H19F2NS. The SMILES string of the molecule is CCNC(c1cc(F)c(C)cc1F)c1ccccc1SC. The van der Waals surface area contributed by atoms with Gasteiger partial charge in [-0.3, -0.25) is 0 Å². The maximum Gasteiger partial charge on any atom is 0.128 e. The summed E-state index contributed by atoms with van der Waals surface area (Å²) in [5, 5.41) is 3.26. The fourth-order valence-corrected chi connectivity index (χ4v) is 3.02. The van der Waals surface area contributed by atoms with Gasteiger partial charge in [-0.25, -0.2) is 8.78 Å². The van der Waals surface area contributed by atoms with E-state index in [0.717, 1.165) is 10.5 Å². The minimum atomic E-state index is -0.379. The molecule has 0 aliphatic rings. The Kier molecular flexibility index (Phi) is 5.37. The number of halogens is 2. The summed E-state index contributed by atoms with van der Waals surface area (Å²) in [5.74, 6) is -0.758. The van der Waals surface area contributed by atoms with Crippen LogP contribution in [0.1, 0.15) is 29.7 Å². The first-order chi connectivity index (χ1) is 10.1. The van der Waals surface area contributed by atoms with E-state index in [9.17, 15) is 8.78 Å². The van der Waals surface area contributed by atoms with Crippen LogP contribution in [0.25, 0.3) is 0 Å². The zero-order chi connectivity index (χ0) is 15.4. The molecule has 0 aliphatic carbocycles. The van der Waals surface area contributed by atoms with Gasteiger partial charge in [0.25, 0.3) is 0 Å². The second-order valence-corrected chi connectivity index (χ2v) is 5.70. The van der Waals surface area contributed by atoms with Crippen LogP contribution in [0.3, 0.4) is 0 Å². The average Bonchev–Trinajstić information content (AvgIpc) is 2.49. The van der Waals surface area contributed by atoms with Gasteiger partial charge in [0, 0.05) is 10.5 Å².